The molecule has 1 atom stereocenters. The molecule has 0 fully saturated rings. The zero-order valence-electron chi connectivity index (χ0n) is 13.4. The minimum atomic E-state index is -1.04. The number of ether oxygens (including phenoxy) is 1. The number of aromatic carboxylic acids is 1. The largest absolute Gasteiger partial charge is 0.478 e. The summed E-state index contributed by atoms with van der Waals surface area (Å²) in [6.45, 7) is 2.34. The SMILES string of the molecule is Cc1oc(CNC(=O)C[C@@H]2OCCc3ccccc32)cc1C(=O)O. The van der Waals surface area contributed by atoms with Gasteiger partial charge in [-0.1, -0.05) is 24.3 Å². The number of nitrogens with one attached hydrogen (secondary N) is 1. The average molecular weight is 329 g/mol. The third-order valence-corrected chi connectivity index (χ3v) is 4.12. The van der Waals surface area contributed by atoms with Crippen molar-refractivity contribution in [3.8, 4) is 0 Å². The summed E-state index contributed by atoms with van der Waals surface area (Å²) in [6.07, 6.45) is 0.836. The van der Waals surface area contributed by atoms with Crippen molar-refractivity contribution in [2.24, 2.45) is 0 Å². The van der Waals surface area contributed by atoms with Crippen LogP contribution in [-0.2, 0) is 22.5 Å². The molecule has 126 valence electrons. The maximum absolute atomic E-state index is 12.2. The molecular weight excluding hydrogens is 310 g/mol. The highest BCUT2D eigenvalue weighted by Gasteiger charge is 2.23. The van der Waals surface area contributed by atoms with Gasteiger partial charge in [-0.05, 0) is 30.5 Å². The molecular formula is C18H19NO5. The standard InChI is InChI=1S/C18H19NO5/c1-11-15(18(21)22)8-13(24-11)10-19-17(20)9-16-14-5-3-2-4-12(14)6-7-23-16/h2-5,8,16H,6-7,9-10H2,1H3,(H,19,20)(H,21,22)/t16-/m0/s1. The molecule has 6 nitrogen and oxygen atoms in total. The summed E-state index contributed by atoms with van der Waals surface area (Å²) in [5.41, 5.74) is 2.39. The van der Waals surface area contributed by atoms with E-state index in [1.165, 1.54) is 11.6 Å². The van der Waals surface area contributed by atoms with E-state index in [0.29, 0.717) is 18.1 Å². The number of hydrogen-bond donors (Lipinski definition) is 2. The number of fused-ring (bicyclic) bond motifs is 1. The highest BCUT2D eigenvalue weighted by Crippen LogP contribution is 2.29. The molecule has 1 amide bonds. The van der Waals surface area contributed by atoms with E-state index in [9.17, 15) is 9.59 Å². The Morgan fingerprint density at radius 1 is 1.33 bits per heavy atom. The van der Waals surface area contributed by atoms with Gasteiger partial charge in [0.25, 0.3) is 0 Å². The molecule has 1 aromatic carbocycles. The van der Waals surface area contributed by atoms with Crippen molar-refractivity contribution in [3.05, 3.63) is 58.5 Å². The average Bonchev–Trinajstić information content (AvgIpc) is 2.94. The number of aryl methyl sites for hydroxylation is 1. The molecule has 0 bridgehead atoms. The van der Waals surface area contributed by atoms with E-state index in [1.807, 2.05) is 18.2 Å². The monoisotopic (exact) mass is 329 g/mol. The maximum atomic E-state index is 12.2. The summed E-state index contributed by atoms with van der Waals surface area (Å²) >= 11 is 0. The van der Waals surface area contributed by atoms with E-state index in [2.05, 4.69) is 11.4 Å². The molecule has 6 heteroatoms. The number of carboxylic acid groups (broad SMARTS) is 1. The molecule has 24 heavy (non-hydrogen) atoms. The summed E-state index contributed by atoms with van der Waals surface area (Å²) in [6, 6.07) is 9.41. The van der Waals surface area contributed by atoms with Crippen LogP contribution in [0.15, 0.2) is 34.7 Å². The predicted molar refractivity (Wildman–Crippen MR) is 85.7 cm³/mol. The maximum Gasteiger partial charge on any atom is 0.339 e. The van der Waals surface area contributed by atoms with Gasteiger partial charge in [0.1, 0.15) is 17.1 Å². The van der Waals surface area contributed by atoms with Crippen molar-refractivity contribution in [2.45, 2.75) is 32.4 Å². The minimum absolute atomic E-state index is 0.115. The van der Waals surface area contributed by atoms with Crippen LogP contribution < -0.4 is 5.32 Å². The van der Waals surface area contributed by atoms with Gasteiger partial charge in [-0.3, -0.25) is 4.79 Å². The van der Waals surface area contributed by atoms with Crippen molar-refractivity contribution in [2.75, 3.05) is 6.61 Å². The Labute approximate surface area is 139 Å². The molecule has 0 aliphatic carbocycles. The van der Waals surface area contributed by atoms with E-state index in [4.69, 9.17) is 14.3 Å². The smallest absolute Gasteiger partial charge is 0.339 e. The first-order valence-corrected chi connectivity index (χ1v) is 7.83. The first-order valence-electron chi connectivity index (χ1n) is 7.83. The van der Waals surface area contributed by atoms with Gasteiger partial charge < -0.3 is 19.6 Å². The van der Waals surface area contributed by atoms with Gasteiger partial charge in [-0.25, -0.2) is 4.79 Å². The lowest BCUT2D eigenvalue weighted by Gasteiger charge is -2.25. The number of carbonyl (C=O) groups is 2. The molecule has 0 saturated carbocycles. The molecule has 1 aliphatic heterocycles. The summed E-state index contributed by atoms with van der Waals surface area (Å²) in [5.74, 6) is -0.455. The van der Waals surface area contributed by atoms with Gasteiger partial charge >= 0.3 is 5.97 Å². The van der Waals surface area contributed by atoms with Gasteiger partial charge in [0.15, 0.2) is 0 Å². The second-order valence-electron chi connectivity index (χ2n) is 5.78. The molecule has 0 radical (unpaired) electrons. The van der Waals surface area contributed by atoms with Gasteiger partial charge in [0.2, 0.25) is 5.91 Å². The molecule has 0 unspecified atom stereocenters. The lowest BCUT2D eigenvalue weighted by Crippen LogP contribution is -2.27. The number of carbonyl (C=O) groups excluding carboxylic acids is 1. The Bertz CT molecular complexity index is 765. The fourth-order valence-corrected chi connectivity index (χ4v) is 2.92. The number of rotatable bonds is 5. The molecule has 1 aromatic heterocycles. The van der Waals surface area contributed by atoms with Crippen LogP contribution in [0.3, 0.4) is 0 Å². The fourth-order valence-electron chi connectivity index (χ4n) is 2.92. The summed E-state index contributed by atoms with van der Waals surface area (Å²) in [7, 11) is 0. The highest BCUT2D eigenvalue weighted by molar-refractivity contribution is 5.88. The van der Waals surface area contributed by atoms with Crippen LogP contribution >= 0.6 is 0 Å². The second kappa shape index (κ2) is 6.88. The third-order valence-electron chi connectivity index (χ3n) is 4.12. The van der Waals surface area contributed by atoms with Gasteiger partial charge in [0.05, 0.1) is 25.7 Å². The Morgan fingerprint density at radius 3 is 2.88 bits per heavy atom. The Balaban J connectivity index is 1.59. The van der Waals surface area contributed by atoms with Gasteiger partial charge in [0, 0.05) is 0 Å². The van der Waals surface area contributed by atoms with Crippen LogP contribution in [0.1, 0.15) is 45.5 Å². The Morgan fingerprint density at radius 2 is 2.12 bits per heavy atom. The molecule has 0 spiro atoms. The number of amides is 1. The van der Waals surface area contributed by atoms with Gasteiger partial charge in [-0.2, -0.15) is 0 Å². The van der Waals surface area contributed by atoms with Crippen LogP contribution in [0, 0.1) is 6.92 Å². The lowest BCUT2D eigenvalue weighted by molar-refractivity contribution is -0.124. The molecule has 1 aliphatic rings. The van der Waals surface area contributed by atoms with Crippen LogP contribution in [0.4, 0.5) is 0 Å². The van der Waals surface area contributed by atoms with Crippen molar-refractivity contribution >= 4 is 11.9 Å². The van der Waals surface area contributed by atoms with Crippen molar-refractivity contribution in [1.82, 2.24) is 5.32 Å². The first kappa shape index (κ1) is 16.3. The third kappa shape index (κ3) is 3.49. The summed E-state index contributed by atoms with van der Waals surface area (Å²) in [4.78, 5) is 23.2. The lowest BCUT2D eigenvalue weighted by atomic mass is 9.95. The normalized spacial score (nSPS) is 16.5. The van der Waals surface area contributed by atoms with Crippen molar-refractivity contribution in [3.63, 3.8) is 0 Å². The van der Waals surface area contributed by atoms with E-state index in [1.54, 1.807) is 6.92 Å². The van der Waals surface area contributed by atoms with E-state index < -0.39 is 5.97 Å². The number of carboxylic acids is 1. The van der Waals surface area contributed by atoms with Crippen LogP contribution in [0.5, 0.6) is 0 Å². The van der Waals surface area contributed by atoms with Crippen LogP contribution in [-0.4, -0.2) is 23.6 Å². The van der Waals surface area contributed by atoms with E-state index in [-0.39, 0.29) is 30.5 Å². The molecule has 3 rings (SSSR count). The molecule has 2 aromatic rings. The topological polar surface area (TPSA) is 88.8 Å². The van der Waals surface area contributed by atoms with E-state index in [0.717, 1.165) is 12.0 Å². The molecule has 2 heterocycles. The van der Waals surface area contributed by atoms with Crippen molar-refractivity contribution in [1.29, 1.82) is 0 Å². The number of hydrogen-bond acceptors (Lipinski definition) is 4. The zero-order valence-corrected chi connectivity index (χ0v) is 13.4. The fraction of sp³-hybridized carbons (Fsp3) is 0.333. The van der Waals surface area contributed by atoms with Crippen molar-refractivity contribution < 1.29 is 23.8 Å². The minimum Gasteiger partial charge on any atom is -0.478 e. The highest BCUT2D eigenvalue weighted by atomic mass is 16.5. The summed E-state index contributed by atoms with van der Waals surface area (Å²) in [5, 5.41) is 11.8. The number of furan rings is 1. The quantitative estimate of drug-likeness (QED) is 0.880. The number of benzene rings is 1. The first-order chi connectivity index (χ1) is 11.5. The zero-order chi connectivity index (χ0) is 17.1. The van der Waals surface area contributed by atoms with Crippen LogP contribution in [0.25, 0.3) is 0 Å². The Kier molecular flexibility index (Phi) is 4.66. The predicted octanol–water partition coefficient (Wildman–Crippen LogP) is 2.61. The summed E-state index contributed by atoms with van der Waals surface area (Å²) < 4.78 is 11.1. The molecule has 0 saturated heterocycles. The Hall–Kier alpha value is -2.60. The van der Waals surface area contributed by atoms with E-state index >= 15 is 0 Å². The second-order valence-corrected chi connectivity index (χ2v) is 5.78. The van der Waals surface area contributed by atoms with Crippen LogP contribution in [0.2, 0.25) is 0 Å². The molecule has 2 N–H and O–H groups in total. The van der Waals surface area contributed by atoms with Gasteiger partial charge in [-0.15, -0.1) is 0 Å².